The van der Waals surface area contributed by atoms with Gasteiger partial charge < -0.3 is 14.6 Å². The van der Waals surface area contributed by atoms with Crippen LogP contribution in [0.4, 0.5) is 4.39 Å². The lowest BCUT2D eigenvalue weighted by molar-refractivity contribution is 0.0696. The highest BCUT2D eigenvalue weighted by atomic mass is 19.1. The highest BCUT2D eigenvalue weighted by molar-refractivity contribution is 5.87. The lowest BCUT2D eigenvalue weighted by Crippen LogP contribution is -2.04. The van der Waals surface area contributed by atoms with Crippen molar-refractivity contribution in [2.75, 3.05) is 6.61 Å². The first-order valence-corrected chi connectivity index (χ1v) is 6.48. The highest BCUT2D eigenvalue weighted by Gasteiger charge is 2.10. The van der Waals surface area contributed by atoms with Crippen LogP contribution in [-0.2, 0) is 6.61 Å². The lowest BCUT2D eigenvalue weighted by atomic mass is 10.1. The van der Waals surface area contributed by atoms with Crippen LogP contribution in [0, 0.1) is 5.82 Å². The summed E-state index contributed by atoms with van der Waals surface area (Å²) in [5, 5.41) is 8.92. The maximum Gasteiger partial charge on any atom is 0.335 e. The van der Waals surface area contributed by atoms with E-state index >= 15 is 0 Å². The largest absolute Gasteiger partial charge is 0.490 e. The van der Waals surface area contributed by atoms with E-state index in [1.54, 1.807) is 18.2 Å². The summed E-state index contributed by atoms with van der Waals surface area (Å²) >= 11 is 0. The summed E-state index contributed by atoms with van der Waals surface area (Å²) in [6.07, 6.45) is 0. The highest BCUT2D eigenvalue weighted by Crippen LogP contribution is 2.27. The van der Waals surface area contributed by atoms with Crippen molar-refractivity contribution >= 4 is 5.97 Å². The molecule has 110 valence electrons. The number of ether oxygens (including phenoxy) is 2. The monoisotopic (exact) mass is 290 g/mol. The number of halogens is 1. The van der Waals surface area contributed by atoms with Crippen LogP contribution in [-0.4, -0.2) is 17.7 Å². The van der Waals surface area contributed by atoms with Crippen LogP contribution in [0.5, 0.6) is 11.5 Å². The Hall–Kier alpha value is -2.56. The molecule has 0 atom stereocenters. The molecule has 0 aliphatic rings. The van der Waals surface area contributed by atoms with Crippen molar-refractivity contribution in [2.45, 2.75) is 13.5 Å². The average Bonchev–Trinajstić information content (AvgIpc) is 2.48. The second-order valence-electron chi connectivity index (χ2n) is 4.28. The van der Waals surface area contributed by atoms with E-state index in [0.29, 0.717) is 18.1 Å². The minimum Gasteiger partial charge on any atom is -0.490 e. The first-order chi connectivity index (χ1) is 10.1. The molecule has 0 saturated heterocycles. The summed E-state index contributed by atoms with van der Waals surface area (Å²) in [5.41, 5.74) is 0.203. The first kappa shape index (κ1) is 14.8. The summed E-state index contributed by atoms with van der Waals surface area (Å²) in [7, 11) is 0. The number of hydrogen-bond donors (Lipinski definition) is 1. The number of hydrogen-bond acceptors (Lipinski definition) is 3. The molecule has 0 fully saturated rings. The van der Waals surface area contributed by atoms with E-state index < -0.39 is 11.8 Å². The van der Waals surface area contributed by atoms with E-state index in [-0.39, 0.29) is 17.7 Å². The Balaban J connectivity index is 2.16. The molecule has 4 nitrogen and oxygen atoms in total. The fraction of sp³-hybridized carbons (Fsp3) is 0.188. The van der Waals surface area contributed by atoms with Crippen LogP contribution in [0.25, 0.3) is 0 Å². The Kier molecular flexibility index (Phi) is 4.77. The van der Waals surface area contributed by atoms with Crippen molar-refractivity contribution < 1.29 is 23.8 Å². The number of aromatic carboxylic acids is 1. The first-order valence-electron chi connectivity index (χ1n) is 6.48. The zero-order chi connectivity index (χ0) is 15.2. The minimum atomic E-state index is -1.11. The molecule has 0 unspecified atom stereocenters. The normalized spacial score (nSPS) is 10.2. The van der Waals surface area contributed by atoms with Gasteiger partial charge in [0, 0.05) is 5.56 Å². The van der Waals surface area contributed by atoms with Gasteiger partial charge >= 0.3 is 5.97 Å². The third-order valence-electron chi connectivity index (χ3n) is 2.82. The quantitative estimate of drug-likeness (QED) is 0.884. The second kappa shape index (κ2) is 6.74. The Bertz CT molecular complexity index is 640. The Morgan fingerprint density at radius 1 is 1.14 bits per heavy atom. The van der Waals surface area contributed by atoms with Gasteiger partial charge in [0.2, 0.25) is 0 Å². The molecule has 0 bridgehead atoms. The van der Waals surface area contributed by atoms with Crippen LogP contribution < -0.4 is 9.47 Å². The van der Waals surface area contributed by atoms with Gasteiger partial charge in [-0.15, -0.1) is 0 Å². The van der Waals surface area contributed by atoms with E-state index in [1.165, 1.54) is 12.1 Å². The van der Waals surface area contributed by atoms with Gasteiger partial charge in [0.1, 0.15) is 12.4 Å². The van der Waals surface area contributed by atoms with Crippen LogP contribution in [0.2, 0.25) is 0 Å². The summed E-state index contributed by atoms with van der Waals surface area (Å²) in [4.78, 5) is 10.9. The van der Waals surface area contributed by atoms with Crippen molar-refractivity contribution in [2.24, 2.45) is 0 Å². The third kappa shape index (κ3) is 3.72. The molecule has 5 heteroatoms. The summed E-state index contributed by atoms with van der Waals surface area (Å²) < 4.78 is 24.6. The van der Waals surface area contributed by atoms with Gasteiger partial charge in [-0.1, -0.05) is 12.1 Å². The standard InChI is InChI=1S/C16H15FO4/c1-2-20-14-5-3-4-6-15(14)21-10-12-9-11(16(18)19)7-8-13(12)17/h3-9H,2,10H2,1H3,(H,18,19). The fourth-order valence-electron chi connectivity index (χ4n) is 1.82. The van der Waals surface area contributed by atoms with Gasteiger partial charge in [0.25, 0.3) is 0 Å². The van der Waals surface area contributed by atoms with E-state index in [4.69, 9.17) is 14.6 Å². The zero-order valence-corrected chi connectivity index (χ0v) is 11.5. The average molecular weight is 290 g/mol. The predicted octanol–water partition coefficient (Wildman–Crippen LogP) is 3.50. The van der Waals surface area contributed by atoms with Crippen LogP contribution in [0.15, 0.2) is 42.5 Å². The van der Waals surface area contributed by atoms with Crippen LogP contribution >= 0.6 is 0 Å². The summed E-state index contributed by atoms with van der Waals surface area (Å²) in [6.45, 7) is 2.27. The molecule has 0 aliphatic heterocycles. The van der Waals surface area contributed by atoms with Gasteiger partial charge in [0.05, 0.1) is 12.2 Å². The van der Waals surface area contributed by atoms with Crippen LogP contribution in [0.1, 0.15) is 22.8 Å². The molecule has 0 spiro atoms. The molecule has 2 aromatic rings. The molecule has 0 amide bonds. The van der Waals surface area contributed by atoms with Gasteiger partial charge in [-0.3, -0.25) is 0 Å². The van der Waals surface area contributed by atoms with Crippen molar-refractivity contribution in [3.8, 4) is 11.5 Å². The molecule has 0 aromatic heterocycles. The molecule has 0 saturated carbocycles. The number of benzene rings is 2. The number of rotatable bonds is 6. The molecule has 2 aromatic carbocycles. The van der Waals surface area contributed by atoms with Gasteiger partial charge in [-0.2, -0.15) is 0 Å². The topological polar surface area (TPSA) is 55.8 Å². The minimum absolute atomic E-state index is 0.0214. The number of carbonyl (C=O) groups is 1. The van der Waals surface area contributed by atoms with Crippen molar-refractivity contribution in [1.29, 1.82) is 0 Å². The fourth-order valence-corrected chi connectivity index (χ4v) is 1.82. The Labute approximate surface area is 121 Å². The molecule has 0 aliphatic carbocycles. The van der Waals surface area contributed by atoms with Gasteiger partial charge in [0.15, 0.2) is 11.5 Å². The molecular formula is C16H15FO4. The summed E-state index contributed by atoms with van der Waals surface area (Å²) in [5.74, 6) is -0.561. The summed E-state index contributed by atoms with van der Waals surface area (Å²) in [6, 6.07) is 10.7. The maximum atomic E-state index is 13.7. The molecular weight excluding hydrogens is 275 g/mol. The number of carboxylic acid groups (broad SMARTS) is 1. The molecule has 21 heavy (non-hydrogen) atoms. The van der Waals surface area contributed by atoms with E-state index in [1.807, 2.05) is 13.0 Å². The SMILES string of the molecule is CCOc1ccccc1OCc1cc(C(=O)O)ccc1F. The Morgan fingerprint density at radius 3 is 2.43 bits per heavy atom. The third-order valence-corrected chi connectivity index (χ3v) is 2.82. The maximum absolute atomic E-state index is 13.7. The zero-order valence-electron chi connectivity index (χ0n) is 11.5. The van der Waals surface area contributed by atoms with E-state index in [9.17, 15) is 9.18 Å². The van der Waals surface area contributed by atoms with Gasteiger partial charge in [-0.05, 0) is 37.3 Å². The predicted molar refractivity (Wildman–Crippen MR) is 75.3 cm³/mol. The van der Waals surface area contributed by atoms with Crippen LogP contribution in [0.3, 0.4) is 0 Å². The molecule has 0 heterocycles. The smallest absolute Gasteiger partial charge is 0.335 e. The van der Waals surface area contributed by atoms with E-state index in [2.05, 4.69) is 0 Å². The van der Waals surface area contributed by atoms with Crippen molar-refractivity contribution in [1.82, 2.24) is 0 Å². The number of carboxylic acids is 1. The lowest BCUT2D eigenvalue weighted by Gasteiger charge is -2.12. The van der Waals surface area contributed by atoms with Crippen molar-refractivity contribution in [3.05, 3.63) is 59.4 Å². The van der Waals surface area contributed by atoms with Crippen molar-refractivity contribution in [3.63, 3.8) is 0 Å². The second-order valence-corrected chi connectivity index (χ2v) is 4.28. The molecule has 0 radical (unpaired) electrons. The Morgan fingerprint density at radius 2 is 1.81 bits per heavy atom. The van der Waals surface area contributed by atoms with Gasteiger partial charge in [-0.25, -0.2) is 9.18 Å². The molecule has 1 N–H and O–H groups in total. The van der Waals surface area contributed by atoms with E-state index in [0.717, 1.165) is 6.07 Å². The molecule has 2 rings (SSSR count). The number of para-hydroxylation sites is 2.